The van der Waals surface area contributed by atoms with Crippen molar-refractivity contribution in [2.75, 3.05) is 13.2 Å². The number of thiophene rings is 1. The fourth-order valence-electron chi connectivity index (χ4n) is 2.64. The molecular weight excluding hydrogens is 394 g/mol. The summed E-state index contributed by atoms with van der Waals surface area (Å²) < 4.78 is 4.99. The van der Waals surface area contributed by atoms with E-state index in [9.17, 15) is 9.59 Å². The lowest BCUT2D eigenvalue weighted by atomic mass is 10.2. The molecule has 8 heteroatoms. The number of thiazole rings is 1. The highest BCUT2D eigenvalue weighted by Crippen LogP contribution is 2.26. The Balaban J connectivity index is 1.67. The van der Waals surface area contributed by atoms with Crippen LogP contribution in [-0.2, 0) is 27.3 Å². The Morgan fingerprint density at radius 1 is 1.25 bits per heavy atom. The number of ether oxygens (including phenoxy) is 1. The maximum Gasteiger partial charge on any atom is 0.307 e. The van der Waals surface area contributed by atoms with Gasteiger partial charge in [0.1, 0.15) is 5.01 Å². The molecule has 28 heavy (non-hydrogen) atoms. The van der Waals surface area contributed by atoms with E-state index in [4.69, 9.17) is 4.74 Å². The molecule has 3 aromatic heterocycles. The summed E-state index contributed by atoms with van der Waals surface area (Å²) in [5, 5.41) is 6.87. The third-order valence-electron chi connectivity index (χ3n) is 3.99. The molecule has 0 aromatic carbocycles. The molecule has 1 amide bonds. The van der Waals surface area contributed by atoms with E-state index in [1.54, 1.807) is 35.6 Å². The van der Waals surface area contributed by atoms with E-state index in [0.29, 0.717) is 19.7 Å². The zero-order chi connectivity index (χ0) is 19.8. The Morgan fingerprint density at radius 2 is 2.14 bits per heavy atom. The van der Waals surface area contributed by atoms with Crippen molar-refractivity contribution in [1.82, 2.24) is 14.9 Å². The van der Waals surface area contributed by atoms with Gasteiger partial charge in [-0.2, -0.15) is 11.3 Å². The van der Waals surface area contributed by atoms with E-state index >= 15 is 0 Å². The Morgan fingerprint density at radius 3 is 2.86 bits per heavy atom. The smallest absolute Gasteiger partial charge is 0.307 e. The van der Waals surface area contributed by atoms with Gasteiger partial charge in [0.2, 0.25) is 5.91 Å². The summed E-state index contributed by atoms with van der Waals surface area (Å²) >= 11 is 3.15. The molecule has 0 radical (unpaired) electrons. The Labute approximate surface area is 171 Å². The monoisotopic (exact) mass is 415 g/mol. The molecule has 0 saturated heterocycles. The van der Waals surface area contributed by atoms with Crippen molar-refractivity contribution in [3.8, 4) is 10.6 Å². The molecule has 0 aliphatic heterocycles. The van der Waals surface area contributed by atoms with Crippen molar-refractivity contribution in [3.63, 3.8) is 0 Å². The number of rotatable bonds is 9. The van der Waals surface area contributed by atoms with E-state index in [1.807, 2.05) is 34.3 Å². The van der Waals surface area contributed by atoms with Crippen LogP contribution in [0.1, 0.15) is 24.6 Å². The van der Waals surface area contributed by atoms with Gasteiger partial charge in [-0.3, -0.25) is 14.6 Å². The zero-order valence-corrected chi connectivity index (χ0v) is 17.2. The number of carbonyl (C=O) groups excluding carboxylic acids is 2. The first-order chi connectivity index (χ1) is 13.7. The van der Waals surface area contributed by atoms with Gasteiger partial charge < -0.3 is 9.64 Å². The van der Waals surface area contributed by atoms with Crippen LogP contribution < -0.4 is 0 Å². The Hall–Kier alpha value is -2.58. The minimum atomic E-state index is -0.306. The van der Waals surface area contributed by atoms with Gasteiger partial charge in [0.25, 0.3) is 0 Å². The summed E-state index contributed by atoms with van der Waals surface area (Å²) in [6.07, 6.45) is 3.78. The lowest BCUT2D eigenvalue weighted by molar-refractivity contribution is -0.144. The number of hydrogen-bond acceptors (Lipinski definition) is 7. The molecule has 0 atom stereocenters. The summed E-state index contributed by atoms with van der Waals surface area (Å²) in [5.74, 6) is -0.379. The lowest BCUT2D eigenvalue weighted by Gasteiger charge is -2.22. The molecule has 0 aliphatic rings. The molecule has 0 N–H and O–H groups in total. The largest absolute Gasteiger partial charge is 0.466 e. The van der Waals surface area contributed by atoms with Crippen LogP contribution in [0.25, 0.3) is 10.6 Å². The summed E-state index contributed by atoms with van der Waals surface area (Å²) in [6, 6.07) is 5.76. The van der Waals surface area contributed by atoms with Crippen molar-refractivity contribution in [3.05, 3.63) is 58.0 Å². The molecule has 3 aromatic rings. The van der Waals surface area contributed by atoms with E-state index in [0.717, 1.165) is 21.8 Å². The van der Waals surface area contributed by atoms with E-state index in [1.165, 1.54) is 11.3 Å². The first kappa shape index (κ1) is 20.2. The average Bonchev–Trinajstić information content (AvgIpc) is 3.38. The van der Waals surface area contributed by atoms with Crippen LogP contribution in [0.4, 0.5) is 0 Å². The van der Waals surface area contributed by atoms with Gasteiger partial charge >= 0.3 is 5.97 Å². The highest BCUT2D eigenvalue weighted by molar-refractivity contribution is 7.14. The minimum Gasteiger partial charge on any atom is -0.466 e. The summed E-state index contributed by atoms with van der Waals surface area (Å²) in [7, 11) is 0. The van der Waals surface area contributed by atoms with Crippen molar-refractivity contribution < 1.29 is 14.3 Å². The van der Waals surface area contributed by atoms with Crippen LogP contribution in [0.2, 0.25) is 0 Å². The van der Waals surface area contributed by atoms with Gasteiger partial charge in [0, 0.05) is 41.8 Å². The van der Waals surface area contributed by atoms with Gasteiger partial charge in [-0.1, -0.05) is 6.07 Å². The fourth-order valence-corrected chi connectivity index (χ4v) is 4.17. The number of carbonyl (C=O) groups is 2. The first-order valence-corrected chi connectivity index (χ1v) is 10.8. The zero-order valence-electron chi connectivity index (χ0n) is 15.5. The lowest BCUT2D eigenvalue weighted by Crippen LogP contribution is -2.34. The Kier molecular flexibility index (Phi) is 7.27. The molecule has 0 saturated carbocycles. The van der Waals surface area contributed by atoms with Gasteiger partial charge in [0.15, 0.2) is 0 Å². The molecule has 3 rings (SSSR count). The minimum absolute atomic E-state index is 0.0738. The summed E-state index contributed by atoms with van der Waals surface area (Å²) in [5.41, 5.74) is 2.73. The van der Waals surface area contributed by atoms with Crippen LogP contribution in [0, 0.1) is 0 Å². The SMILES string of the molecule is CCOC(=O)CCN(Cc1cccnc1)C(=O)Cc1csc(-c2ccsc2)n1. The maximum absolute atomic E-state index is 12.9. The summed E-state index contributed by atoms with van der Waals surface area (Å²) in [4.78, 5) is 35.0. The third kappa shape index (κ3) is 5.71. The van der Waals surface area contributed by atoms with Gasteiger partial charge in [-0.25, -0.2) is 4.98 Å². The van der Waals surface area contributed by atoms with Crippen LogP contribution in [0.5, 0.6) is 0 Å². The van der Waals surface area contributed by atoms with Crippen molar-refractivity contribution >= 4 is 34.6 Å². The van der Waals surface area contributed by atoms with Gasteiger partial charge in [-0.05, 0) is 30.0 Å². The number of pyridine rings is 1. The number of hydrogen-bond donors (Lipinski definition) is 0. The quantitative estimate of drug-likeness (QED) is 0.497. The number of aromatic nitrogens is 2. The van der Waals surface area contributed by atoms with Crippen LogP contribution in [-0.4, -0.2) is 39.9 Å². The number of nitrogens with zero attached hydrogens (tertiary/aromatic N) is 3. The average molecular weight is 416 g/mol. The molecule has 0 bridgehead atoms. The maximum atomic E-state index is 12.9. The molecule has 0 aliphatic carbocycles. The molecule has 0 spiro atoms. The third-order valence-corrected chi connectivity index (χ3v) is 5.62. The second-order valence-electron chi connectivity index (χ2n) is 6.06. The highest BCUT2D eigenvalue weighted by Gasteiger charge is 2.18. The highest BCUT2D eigenvalue weighted by atomic mass is 32.1. The van der Waals surface area contributed by atoms with Gasteiger partial charge in [-0.15, -0.1) is 11.3 Å². The van der Waals surface area contributed by atoms with E-state index in [-0.39, 0.29) is 24.7 Å². The first-order valence-electron chi connectivity index (χ1n) is 8.95. The van der Waals surface area contributed by atoms with Crippen LogP contribution >= 0.6 is 22.7 Å². The van der Waals surface area contributed by atoms with Gasteiger partial charge in [0.05, 0.1) is 25.1 Å². The second kappa shape index (κ2) is 10.1. The summed E-state index contributed by atoms with van der Waals surface area (Å²) in [6.45, 7) is 2.80. The molecule has 3 heterocycles. The molecule has 0 unspecified atom stereocenters. The predicted molar refractivity (Wildman–Crippen MR) is 110 cm³/mol. The van der Waals surface area contributed by atoms with Crippen LogP contribution in [0.3, 0.4) is 0 Å². The molecule has 0 fully saturated rings. The van der Waals surface area contributed by atoms with Crippen molar-refractivity contribution in [1.29, 1.82) is 0 Å². The van der Waals surface area contributed by atoms with Crippen molar-refractivity contribution in [2.24, 2.45) is 0 Å². The standard InChI is InChI=1S/C20H21N3O3S2/c1-2-26-19(25)5-8-23(12-15-4-3-7-21-11-15)18(24)10-17-14-28-20(22-17)16-6-9-27-13-16/h3-4,6-7,9,11,13-14H,2,5,8,10,12H2,1H3. The topological polar surface area (TPSA) is 72.4 Å². The van der Waals surface area contributed by atoms with Crippen LogP contribution in [0.15, 0.2) is 46.7 Å². The van der Waals surface area contributed by atoms with Crippen molar-refractivity contribution in [2.45, 2.75) is 26.3 Å². The number of amides is 1. The molecular formula is C20H21N3O3S2. The number of esters is 1. The normalized spacial score (nSPS) is 10.6. The molecule has 146 valence electrons. The molecule has 6 nitrogen and oxygen atoms in total. The fraction of sp³-hybridized carbons (Fsp3) is 0.300. The van der Waals surface area contributed by atoms with E-state index in [2.05, 4.69) is 9.97 Å². The van der Waals surface area contributed by atoms with E-state index < -0.39 is 0 Å². The second-order valence-corrected chi connectivity index (χ2v) is 7.70. The predicted octanol–water partition coefficient (Wildman–Crippen LogP) is 3.79. The Bertz CT molecular complexity index is 895.